The van der Waals surface area contributed by atoms with E-state index < -0.39 is 6.04 Å². The van der Waals surface area contributed by atoms with E-state index in [9.17, 15) is 9.59 Å². The lowest BCUT2D eigenvalue weighted by molar-refractivity contribution is -0.124. The Kier molecular flexibility index (Phi) is 6.61. The molecule has 1 aromatic heterocycles. The van der Waals surface area contributed by atoms with Gasteiger partial charge in [-0.1, -0.05) is 43.7 Å². The van der Waals surface area contributed by atoms with Crippen molar-refractivity contribution in [3.8, 4) is 5.69 Å². The molecule has 30 heavy (non-hydrogen) atoms. The van der Waals surface area contributed by atoms with Crippen molar-refractivity contribution >= 4 is 11.8 Å². The van der Waals surface area contributed by atoms with Crippen molar-refractivity contribution in [1.29, 1.82) is 0 Å². The summed E-state index contributed by atoms with van der Waals surface area (Å²) in [5.41, 5.74) is 3.39. The number of benzene rings is 2. The van der Waals surface area contributed by atoms with Crippen LogP contribution in [-0.4, -0.2) is 32.6 Å². The minimum Gasteiger partial charge on any atom is -0.348 e. The summed E-state index contributed by atoms with van der Waals surface area (Å²) in [7, 11) is 0. The maximum atomic E-state index is 12.9. The number of amides is 2. The molecule has 7 heteroatoms. The van der Waals surface area contributed by atoms with Crippen LogP contribution >= 0.6 is 0 Å². The van der Waals surface area contributed by atoms with E-state index in [1.54, 1.807) is 17.1 Å². The Morgan fingerprint density at radius 2 is 1.73 bits per heavy atom. The van der Waals surface area contributed by atoms with E-state index in [4.69, 9.17) is 0 Å². The van der Waals surface area contributed by atoms with E-state index >= 15 is 0 Å². The molecule has 2 aromatic carbocycles. The molecule has 0 saturated heterocycles. The predicted molar refractivity (Wildman–Crippen MR) is 115 cm³/mol. The summed E-state index contributed by atoms with van der Waals surface area (Å²) in [6.45, 7) is 7.68. The molecule has 0 saturated carbocycles. The maximum Gasteiger partial charge on any atom is 0.251 e. The average Bonchev–Trinajstić information content (AvgIpc) is 3.26. The number of aryl methyl sites for hydroxylation is 1. The molecule has 2 N–H and O–H groups in total. The topological polar surface area (TPSA) is 88.9 Å². The molecule has 2 amide bonds. The minimum atomic E-state index is -0.630. The second-order valence-electron chi connectivity index (χ2n) is 7.73. The molecule has 0 fully saturated rings. The zero-order valence-corrected chi connectivity index (χ0v) is 17.7. The van der Waals surface area contributed by atoms with E-state index in [-0.39, 0.29) is 23.8 Å². The van der Waals surface area contributed by atoms with Crippen molar-refractivity contribution in [2.24, 2.45) is 5.92 Å². The molecule has 0 bridgehead atoms. The van der Waals surface area contributed by atoms with E-state index in [2.05, 4.69) is 20.7 Å². The average molecular weight is 406 g/mol. The van der Waals surface area contributed by atoms with Crippen LogP contribution in [0.4, 0.5) is 0 Å². The van der Waals surface area contributed by atoms with E-state index in [0.29, 0.717) is 5.56 Å². The highest BCUT2D eigenvalue weighted by Crippen LogP contribution is 2.16. The largest absolute Gasteiger partial charge is 0.348 e. The number of carbonyl (C=O) groups excluding carboxylic acids is 2. The van der Waals surface area contributed by atoms with Gasteiger partial charge >= 0.3 is 0 Å². The Morgan fingerprint density at radius 1 is 1.00 bits per heavy atom. The van der Waals surface area contributed by atoms with Crippen LogP contribution < -0.4 is 10.6 Å². The highest BCUT2D eigenvalue weighted by molar-refractivity contribution is 5.97. The molecule has 7 nitrogen and oxygen atoms in total. The molecule has 0 radical (unpaired) electrons. The fraction of sp³-hybridized carbons (Fsp3) is 0.304. The van der Waals surface area contributed by atoms with Crippen LogP contribution in [0.5, 0.6) is 0 Å². The van der Waals surface area contributed by atoms with Crippen LogP contribution in [0.2, 0.25) is 0 Å². The Balaban J connectivity index is 1.66. The number of rotatable bonds is 7. The highest BCUT2D eigenvalue weighted by Gasteiger charge is 2.26. The first-order valence-corrected chi connectivity index (χ1v) is 9.98. The van der Waals surface area contributed by atoms with Gasteiger partial charge in [-0.15, -0.1) is 0 Å². The molecule has 3 rings (SSSR count). The molecule has 1 heterocycles. The summed E-state index contributed by atoms with van der Waals surface area (Å²) >= 11 is 0. The van der Waals surface area contributed by atoms with Gasteiger partial charge in [-0.2, -0.15) is 5.10 Å². The number of aromatic nitrogens is 3. The first-order valence-electron chi connectivity index (χ1n) is 9.98. The minimum absolute atomic E-state index is 0.0550. The first kappa shape index (κ1) is 21.2. The van der Waals surface area contributed by atoms with Crippen molar-refractivity contribution in [3.63, 3.8) is 0 Å². The molecule has 0 aliphatic carbocycles. The lowest BCUT2D eigenvalue weighted by atomic mass is 10.0. The van der Waals surface area contributed by atoms with Gasteiger partial charge in [-0.25, -0.2) is 9.67 Å². The van der Waals surface area contributed by atoms with E-state index in [0.717, 1.165) is 16.8 Å². The fourth-order valence-corrected chi connectivity index (χ4v) is 3.19. The molecule has 156 valence electrons. The molecule has 0 aliphatic rings. The van der Waals surface area contributed by atoms with Gasteiger partial charge in [-0.05, 0) is 49.6 Å². The standard InChI is InChI=1S/C23H27N5O2/c1-15(2)21(27-22(29)19-7-5-6-16(3)12-19)23(30)26-17(4)18-8-10-20(11-9-18)28-14-24-13-25-28/h5-15,17,21H,1-4H3,(H,26,30)(H,27,29). The van der Waals surface area contributed by atoms with Crippen LogP contribution in [0.15, 0.2) is 61.2 Å². The third-order valence-electron chi connectivity index (χ3n) is 4.95. The number of hydrogen-bond acceptors (Lipinski definition) is 4. The first-order chi connectivity index (χ1) is 14.3. The zero-order chi connectivity index (χ0) is 21.7. The van der Waals surface area contributed by atoms with Crippen molar-refractivity contribution in [2.45, 2.75) is 39.8 Å². The number of nitrogens with zero attached hydrogens (tertiary/aromatic N) is 3. The van der Waals surface area contributed by atoms with Gasteiger partial charge in [0.15, 0.2) is 0 Å². The van der Waals surface area contributed by atoms with Crippen molar-refractivity contribution in [3.05, 3.63) is 77.9 Å². The van der Waals surface area contributed by atoms with Crippen LogP contribution in [0.25, 0.3) is 5.69 Å². The smallest absolute Gasteiger partial charge is 0.251 e. The zero-order valence-electron chi connectivity index (χ0n) is 17.7. The lowest BCUT2D eigenvalue weighted by Crippen LogP contribution is -2.50. The van der Waals surface area contributed by atoms with Gasteiger partial charge in [0.1, 0.15) is 18.7 Å². The number of nitrogens with one attached hydrogen (secondary N) is 2. The van der Waals surface area contributed by atoms with Gasteiger partial charge in [0.2, 0.25) is 5.91 Å². The van der Waals surface area contributed by atoms with Gasteiger partial charge in [0, 0.05) is 5.56 Å². The Morgan fingerprint density at radius 3 is 2.33 bits per heavy atom. The third kappa shape index (κ3) is 5.11. The molecule has 2 atom stereocenters. The second kappa shape index (κ2) is 9.35. The van der Waals surface area contributed by atoms with Crippen molar-refractivity contribution in [2.75, 3.05) is 0 Å². The number of hydrogen-bond donors (Lipinski definition) is 2. The summed E-state index contributed by atoms with van der Waals surface area (Å²) in [4.78, 5) is 29.5. The quantitative estimate of drug-likeness (QED) is 0.632. The van der Waals surface area contributed by atoms with Crippen LogP contribution in [0, 0.1) is 12.8 Å². The molecule has 2 unspecified atom stereocenters. The Bertz CT molecular complexity index is 997. The van der Waals surface area contributed by atoms with Crippen molar-refractivity contribution in [1.82, 2.24) is 25.4 Å². The van der Waals surface area contributed by atoms with Gasteiger partial charge in [0.05, 0.1) is 11.7 Å². The summed E-state index contributed by atoms with van der Waals surface area (Å²) < 4.78 is 1.67. The SMILES string of the molecule is Cc1cccc(C(=O)NC(C(=O)NC(C)c2ccc(-n3cncn3)cc2)C(C)C)c1. The van der Waals surface area contributed by atoms with E-state index in [1.165, 1.54) is 6.33 Å². The molecule has 3 aromatic rings. The van der Waals surface area contributed by atoms with E-state index in [1.807, 2.05) is 70.2 Å². The molecular formula is C23H27N5O2. The maximum absolute atomic E-state index is 12.9. The van der Waals surface area contributed by atoms with Crippen molar-refractivity contribution < 1.29 is 9.59 Å². The van der Waals surface area contributed by atoms with Crippen LogP contribution in [-0.2, 0) is 4.79 Å². The van der Waals surface area contributed by atoms with Crippen LogP contribution in [0.1, 0.15) is 48.3 Å². The third-order valence-corrected chi connectivity index (χ3v) is 4.95. The molecule has 0 aliphatic heterocycles. The van der Waals surface area contributed by atoms with Gasteiger partial charge in [0.25, 0.3) is 5.91 Å². The predicted octanol–water partition coefficient (Wildman–Crippen LogP) is 3.21. The monoisotopic (exact) mass is 405 g/mol. The van der Waals surface area contributed by atoms with Gasteiger partial charge < -0.3 is 10.6 Å². The number of carbonyl (C=O) groups is 2. The Hall–Kier alpha value is -3.48. The summed E-state index contributed by atoms with van der Waals surface area (Å²) in [5.74, 6) is -0.517. The normalized spacial score (nSPS) is 13.0. The molecular weight excluding hydrogens is 378 g/mol. The van der Waals surface area contributed by atoms with Crippen LogP contribution in [0.3, 0.4) is 0 Å². The second-order valence-corrected chi connectivity index (χ2v) is 7.73. The fourth-order valence-electron chi connectivity index (χ4n) is 3.19. The van der Waals surface area contributed by atoms with Gasteiger partial charge in [-0.3, -0.25) is 9.59 Å². The summed E-state index contributed by atoms with van der Waals surface area (Å²) in [6.07, 6.45) is 3.11. The summed E-state index contributed by atoms with van der Waals surface area (Å²) in [5, 5.41) is 9.99. The lowest BCUT2D eigenvalue weighted by Gasteiger charge is -2.24. The summed E-state index contributed by atoms with van der Waals surface area (Å²) in [6, 6.07) is 14.2. The Labute approximate surface area is 176 Å². The highest BCUT2D eigenvalue weighted by atomic mass is 16.2. The molecule has 0 spiro atoms.